The average Bonchev–Trinajstić information content (AvgIpc) is 3.28. The largest absolute Gasteiger partial charge is 0.493 e. The first-order valence-electron chi connectivity index (χ1n) is 9.91. The Morgan fingerprint density at radius 2 is 1.76 bits per heavy atom. The molecule has 34 heavy (non-hydrogen) atoms. The zero-order valence-electron chi connectivity index (χ0n) is 17.5. The Morgan fingerprint density at radius 3 is 2.41 bits per heavy atom. The Labute approximate surface area is 202 Å². The molecule has 0 saturated carbocycles. The van der Waals surface area contributed by atoms with Gasteiger partial charge in [0.1, 0.15) is 0 Å². The van der Waals surface area contributed by atoms with Crippen molar-refractivity contribution in [3.8, 4) is 11.5 Å². The first kappa shape index (κ1) is 23.9. The van der Waals surface area contributed by atoms with Crippen LogP contribution in [-0.2, 0) is 11.0 Å². The molecule has 1 aliphatic rings. The maximum atomic E-state index is 12.7. The third-order valence-corrected chi connectivity index (χ3v) is 5.67. The van der Waals surface area contributed by atoms with E-state index in [-0.39, 0.29) is 17.1 Å². The summed E-state index contributed by atoms with van der Waals surface area (Å²) in [6, 6.07) is 13.7. The Kier molecular flexibility index (Phi) is 6.72. The van der Waals surface area contributed by atoms with Crippen LogP contribution in [0, 0.1) is 0 Å². The van der Waals surface area contributed by atoms with E-state index in [0.29, 0.717) is 27.7 Å². The number of rotatable bonds is 5. The van der Waals surface area contributed by atoms with Crippen LogP contribution in [0.15, 0.2) is 65.8 Å². The van der Waals surface area contributed by atoms with Gasteiger partial charge in [0.15, 0.2) is 17.6 Å². The number of carbonyl (C=O) groups is 1. The summed E-state index contributed by atoms with van der Waals surface area (Å²) < 4.78 is 48.9. The zero-order chi connectivity index (χ0) is 24.5. The Balaban J connectivity index is 1.47. The molecule has 1 unspecified atom stereocenters. The van der Waals surface area contributed by atoms with Gasteiger partial charge in [-0.2, -0.15) is 13.2 Å². The zero-order valence-corrected chi connectivity index (χ0v) is 19.0. The average molecular weight is 510 g/mol. The van der Waals surface area contributed by atoms with E-state index in [1.807, 2.05) is 0 Å². The topological polar surface area (TPSA) is 57.1 Å². The molecule has 1 atom stereocenters. The molecule has 10 heteroatoms. The third-order valence-electron chi connectivity index (χ3n) is 5.12. The summed E-state index contributed by atoms with van der Waals surface area (Å²) in [7, 11) is 1.40. The van der Waals surface area contributed by atoms with Crippen molar-refractivity contribution in [3.05, 3.63) is 93.0 Å². The van der Waals surface area contributed by atoms with Crippen LogP contribution in [0.2, 0.25) is 10.0 Å². The second-order valence-corrected chi connectivity index (χ2v) is 8.18. The van der Waals surface area contributed by atoms with E-state index in [1.165, 1.54) is 13.2 Å². The summed E-state index contributed by atoms with van der Waals surface area (Å²) >= 11 is 12.2. The number of hydrogen-bond donors (Lipinski definition) is 0. The minimum atomic E-state index is -4.49. The first-order valence-corrected chi connectivity index (χ1v) is 10.7. The fourth-order valence-corrected chi connectivity index (χ4v) is 3.88. The molecular weight excluding hydrogens is 494 g/mol. The molecule has 5 nitrogen and oxygen atoms in total. The van der Waals surface area contributed by atoms with Gasteiger partial charge < -0.3 is 14.3 Å². The van der Waals surface area contributed by atoms with Gasteiger partial charge in [-0.05, 0) is 54.1 Å². The molecule has 0 spiro atoms. The summed E-state index contributed by atoms with van der Waals surface area (Å²) in [5, 5.41) is 5.09. The predicted octanol–water partition coefficient (Wildman–Crippen LogP) is 7.11. The van der Waals surface area contributed by atoms with Gasteiger partial charge in [-0.3, -0.25) is 0 Å². The number of nitrogens with zero attached hydrogens (tertiary/aromatic N) is 1. The van der Waals surface area contributed by atoms with E-state index in [2.05, 4.69) is 5.16 Å². The van der Waals surface area contributed by atoms with Gasteiger partial charge in [0.25, 0.3) is 0 Å². The van der Waals surface area contributed by atoms with Gasteiger partial charge in [-0.15, -0.1) is 0 Å². The highest BCUT2D eigenvalue weighted by molar-refractivity contribution is 6.37. The Hall–Kier alpha value is -3.23. The molecule has 0 bridgehead atoms. The van der Waals surface area contributed by atoms with Crippen LogP contribution >= 0.6 is 23.2 Å². The molecule has 1 aliphatic heterocycles. The molecule has 1 heterocycles. The molecule has 3 aromatic carbocycles. The van der Waals surface area contributed by atoms with E-state index in [0.717, 1.165) is 29.8 Å². The normalized spacial score (nSPS) is 15.5. The van der Waals surface area contributed by atoms with E-state index >= 15 is 0 Å². The number of carbonyl (C=O) groups excluding carboxylic acids is 1. The number of hydrogen-bond acceptors (Lipinski definition) is 5. The van der Waals surface area contributed by atoms with Crippen molar-refractivity contribution in [1.82, 2.24) is 0 Å². The van der Waals surface area contributed by atoms with Crippen molar-refractivity contribution in [2.75, 3.05) is 7.11 Å². The number of benzene rings is 3. The SMILES string of the molecule is COc1cc(C2CC(c3ccc(Cl)cc3Cl)=NO2)ccc1OC(=O)c1ccc(C(F)(F)F)cc1. The third kappa shape index (κ3) is 5.13. The van der Waals surface area contributed by atoms with Gasteiger partial charge in [0, 0.05) is 17.0 Å². The lowest BCUT2D eigenvalue weighted by molar-refractivity contribution is -0.137. The lowest BCUT2D eigenvalue weighted by atomic mass is 10.00. The Morgan fingerprint density at radius 1 is 1.03 bits per heavy atom. The van der Waals surface area contributed by atoms with Crippen molar-refractivity contribution in [1.29, 1.82) is 0 Å². The molecule has 3 aromatic rings. The van der Waals surface area contributed by atoms with E-state index in [1.54, 1.807) is 30.3 Å². The van der Waals surface area contributed by atoms with Crippen LogP contribution in [0.3, 0.4) is 0 Å². The van der Waals surface area contributed by atoms with E-state index in [9.17, 15) is 18.0 Å². The molecule has 0 amide bonds. The first-order chi connectivity index (χ1) is 16.2. The van der Waals surface area contributed by atoms with E-state index in [4.69, 9.17) is 37.5 Å². The standard InChI is InChI=1S/C24H16Cl2F3NO4/c1-32-22-10-14(21-12-19(30-34-21)17-8-7-16(25)11-18(17)26)4-9-20(22)33-23(31)13-2-5-15(6-3-13)24(27,28)29/h2-11,21H,12H2,1H3. The van der Waals surface area contributed by atoms with Crippen LogP contribution in [0.5, 0.6) is 11.5 Å². The van der Waals surface area contributed by atoms with Crippen LogP contribution < -0.4 is 9.47 Å². The lowest BCUT2D eigenvalue weighted by Crippen LogP contribution is -2.11. The molecule has 0 N–H and O–H groups in total. The van der Waals surface area contributed by atoms with Crippen molar-refractivity contribution < 1.29 is 32.3 Å². The molecule has 0 aliphatic carbocycles. The molecule has 4 rings (SSSR count). The maximum Gasteiger partial charge on any atom is 0.416 e. The molecule has 0 fully saturated rings. The van der Waals surface area contributed by atoms with Crippen LogP contribution in [0.1, 0.15) is 39.6 Å². The molecule has 0 aromatic heterocycles. The second-order valence-electron chi connectivity index (χ2n) is 7.34. The fourth-order valence-electron chi connectivity index (χ4n) is 3.36. The van der Waals surface area contributed by atoms with Crippen molar-refractivity contribution in [2.24, 2.45) is 5.16 Å². The molecule has 0 radical (unpaired) electrons. The number of esters is 1. The summed E-state index contributed by atoms with van der Waals surface area (Å²) in [5.74, 6) is -0.463. The number of methoxy groups -OCH3 is 1. The number of alkyl halides is 3. The summed E-state index contributed by atoms with van der Waals surface area (Å²) in [5.41, 5.74) is 1.20. The summed E-state index contributed by atoms with van der Waals surface area (Å²) in [4.78, 5) is 18.0. The van der Waals surface area contributed by atoms with Crippen molar-refractivity contribution in [2.45, 2.75) is 18.7 Å². The van der Waals surface area contributed by atoms with Gasteiger partial charge >= 0.3 is 12.1 Å². The van der Waals surface area contributed by atoms with E-state index < -0.39 is 23.8 Å². The highest BCUT2D eigenvalue weighted by Gasteiger charge is 2.30. The minimum Gasteiger partial charge on any atom is -0.493 e. The minimum absolute atomic E-state index is 0.0314. The highest BCUT2D eigenvalue weighted by atomic mass is 35.5. The molecular formula is C24H16Cl2F3NO4. The smallest absolute Gasteiger partial charge is 0.416 e. The van der Waals surface area contributed by atoms with Gasteiger partial charge in [0.05, 0.1) is 29.0 Å². The number of halogens is 5. The molecule has 0 saturated heterocycles. The van der Waals surface area contributed by atoms with Gasteiger partial charge in [0.2, 0.25) is 0 Å². The second kappa shape index (κ2) is 9.56. The van der Waals surface area contributed by atoms with Crippen LogP contribution in [0.4, 0.5) is 13.2 Å². The van der Waals surface area contributed by atoms with Gasteiger partial charge in [-0.1, -0.05) is 40.5 Å². The summed E-state index contributed by atoms with van der Waals surface area (Å²) in [6.45, 7) is 0. The number of ether oxygens (including phenoxy) is 2. The summed E-state index contributed by atoms with van der Waals surface area (Å²) in [6.07, 6.45) is -4.48. The van der Waals surface area contributed by atoms with Gasteiger partial charge in [-0.25, -0.2) is 4.79 Å². The van der Waals surface area contributed by atoms with Crippen molar-refractivity contribution >= 4 is 34.9 Å². The fraction of sp³-hybridized carbons (Fsp3) is 0.167. The van der Waals surface area contributed by atoms with Crippen molar-refractivity contribution in [3.63, 3.8) is 0 Å². The quantitative estimate of drug-likeness (QED) is 0.271. The molecule has 176 valence electrons. The maximum absolute atomic E-state index is 12.7. The predicted molar refractivity (Wildman–Crippen MR) is 121 cm³/mol. The highest BCUT2D eigenvalue weighted by Crippen LogP contribution is 2.37. The Bertz CT molecular complexity index is 1260. The van der Waals surface area contributed by atoms with Crippen LogP contribution in [0.25, 0.3) is 0 Å². The van der Waals surface area contributed by atoms with Crippen LogP contribution in [-0.4, -0.2) is 18.8 Å². The number of oxime groups is 1. The monoisotopic (exact) mass is 509 g/mol. The lowest BCUT2D eigenvalue weighted by Gasteiger charge is -2.14.